The quantitative estimate of drug-likeness (QED) is 0.517. The van der Waals surface area contributed by atoms with E-state index in [-0.39, 0.29) is 5.91 Å². The van der Waals surface area contributed by atoms with Gasteiger partial charge in [-0.3, -0.25) is 4.79 Å². The van der Waals surface area contributed by atoms with Gasteiger partial charge in [-0.2, -0.15) is 0 Å². The van der Waals surface area contributed by atoms with E-state index >= 15 is 0 Å². The van der Waals surface area contributed by atoms with Gasteiger partial charge >= 0.3 is 0 Å². The third-order valence-electron chi connectivity index (χ3n) is 5.24. The zero-order valence-corrected chi connectivity index (χ0v) is 18.0. The number of aromatic nitrogens is 2. The van der Waals surface area contributed by atoms with E-state index in [9.17, 15) is 4.79 Å². The summed E-state index contributed by atoms with van der Waals surface area (Å²) in [7, 11) is 1.95. The second-order valence-electron chi connectivity index (χ2n) is 7.58. The summed E-state index contributed by atoms with van der Waals surface area (Å²) in [6, 6.07) is 11.5. The van der Waals surface area contributed by atoms with Gasteiger partial charge in [-0.15, -0.1) is 0 Å². The van der Waals surface area contributed by atoms with Crippen LogP contribution < -0.4 is 10.1 Å². The molecule has 0 atom stereocenters. The zero-order chi connectivity index (χ0) is 20.8. The number of carbonyl (C=O) groups is 1. The molecule has 1 aromatic carbocycles. The first-order chi connectivity index (χ1) is 14.7. The molecule has 0 bridgehead atoms. The Morgan fingerprint density at radius 3 is 2.73 bits per heavy atom. The topological polar surface area (TPSA) is 69.3 Å². The lowest BCUT2D eigenvalue weighted by Gasteiger charge is -2.23. The Kier molecular flexibility index (Phi) is 6.79. The van der Waals surface area contributed by atoms with Crippen LogP contribution in [0.3, 0.4) is 0 Å². The predicted molar refractivity (Wildman–Crippen MR) is 117 cm³/mol. The van der Waals surface area contributed by atoms with Crippen molar-refractivity contribution in [3.05, 3.63) is 65.9 Å². The Hall–Kier alpha value is -2.67. The maximum atomic E-state index is 12.4. The van der Waals surface area contributed by atoms with Crippen LogP contribution in [-0.4, -0.2) is 21.6 Å². The summed E-state index contributed by atoms with van der Waals surface area (Å²) in [5.41, 5.74) is 1.02. The van der Waals surface area contributed by atoms with Crippen LogP contribution >= 0.6 is 11.8 Å². The minimum Gasteiger partial charge on any atom is -0.490 e. The average Bonchev–Trinajstić information content (AvgIpc) is 3.41. The number of nitrogens with zero attached hydrogens (tertiary/aromatic N) is 2. The van der Waals surface area contributed by atoms with Crippen molar-refractivity contribution < 1.29 is 13.9 Å². The molecule has 2 aromatic heterocycles. The molecule has 1 aliphatic rings. The number of thioether (sulfide) groups is 1. The highest BCUT2D eigenvalue weighted by atomic mass is 32.2. The number of hydrogen-bond acceptors (Lipinski definition) is 5. The molecule has 4 rings (SSSR count). The van der Waals surface area contributed by atoms with E-state index in [1.807, 2.05) is 48.1 Å². The fourth-order valence-corrected chi connectivity index (χ4v) is 4.36. The molecule has 6 nitrogen and oxygen atoms in total. The van der Waals surface area contributed by atoms with Gasteiger partial charge in [-0.25, -0.2) is 4.98 Å². The molecule has 1 saturated carbocycles. The lowest BCUT2D eigenvalue weighted by molar-refractivity contribution is 0.0922. The Balaban J connectivity index is 1.24. The number of benzene rings is 1. The molecule has 1 N–H and O–H groups in total. The average molecular weight is 426 g/mol. The molecule has 30 heavy (non-hydrogen) atoms. The van der Waals surface area contributed by atoms with E-state index in [2.05, 4.69) is 10.3 Å². The molecular formula is C23H27N3O3S. The number of ether oxygens (including phenoxy) is 1. The fourth-order valence-electron chi connectivity index (χ4n) is 3.53. The van der Waals surface area contributed by atoms with Gasteiger partial charge in [0.25, 0.3) is 5.91 Å². The highest BCUT2D eigenvalue weighted by molar-refractivity contribution is 7.98. The lowest BCUT2D eigenvalue weighted by atomic mass is 9.98. The first-order valence-corrected chi connectivity index (χ1v) is 11.4. The fraction of sp³-hybridized carbons (Fsp3) is 0.391. The minimum atomic E-state index is -0.217. The molecule has 0 unspecified atom stereocenters. The van der Waals surface area contributed by atoms with Gasteiger partial charge < -0.3 is 19.0 Å². The number of carbonyl (C=O) groups excluding carboxylic acids is 1. The van der Waals surface area contributed by atoms with Gasteiger partial charge in [-0.05, 0) is 55.5 Å². The highest BCUT2D eigenvalue weighted by Gasteiger charge is 2.15. The van der Waals surface area contributed by atoms with Gasteiger partial charge in [0.2, 0.25) is 0 Å². The third kappa shape index (κ3) is 5.48. The molecule has 1 aliphatic carbocycles. The second-order valence-corrected chi connectivity index (χ2v) is 8.52. The van der Waals surface area contributed by atoms with Gasteiger partial charge in [0.15, 0.2) is 10.9 Å². The van der Waals surface area contributed by atoms with E-state index in [4.69, 9.17) is 9.15 Å². The van der Waals surface area contributed by atoms with Crippen LogP contribution in [0.15, 0.2) is 58.4 Å². The van der Waals surface area contributed by atoms with Gasteiger partial charge in [-0.1, -0.05) is 30.3 Å². The summed E-state index contributed by atoms with van der Waals surface area (Å²) >= 11 is 1.57. The van der Waals surface area contributed by atoms with Crippen LogP contribution in [0.25, 0.3) is 0 Å². The van der Waals surface area contributed by atoms with Crippen LogP contribution in [0, 0.1) is 0 Å². The summed E-state index contributed by atoms with van der Waals surface area (Å²) in [5.74, 6) is 2.38. The van der Waals surface area contributed by atoms with Gasteiger partial charge in [0, 0.05) is 26.0 Å². The summed E-state index contributed by atoms with van der Waals surface area (Å²) in [5, 5.41) is 3.82. The molecule has 0 spiro atoms. The summed E-state index contributed by atoms with van der Waals surface area (Å²) in [6.07, 6.45) is 10.1. The number of amides is 1. The Morgan fingerprint density at radius 1 is 1.20 bits per heavy atom. The molecular weight excluding hydrogens is 398 g/mol. The molecule has 0 saturated heterocycles. The molecule has 1 fully saturated rings. The summed E-state index contributed by atoms with van der Waals surface area (Å²) in [4.78, 5) is 16.7. The number of hydrogen-bond donors (Lipinski definition) is 1. The SMILES string of the molecule is Cn1ccnc1SCc1ccc(C(=O)NCc2ccc(OC3CCCCC3)cc2)o1. The largest absolute Gasteiger partial charge is 0.490 e. The highest BCUT2D eigenvalue weighted by Crippen LogP contribution is 2.24. The monoisotopic (exact) mass is 425 g/mol. The molecule has 158 valence electrons. The Bertz CT molecular complexity index is 958. The number of rotatable bonds is 8. The summed E-state index contributed by atoms with van der Waals surface area (Å²) < 4.78 is 13.7. The first kappa shape index (κ1) is 20.6. The molecule has 7 heteroatoms. The van der Waals surface area contributed by atoms with Crippen molar-refractivity contribution in [2.75, 3.05) is 0 Å². The molecule has 1 amide bonds. The van der Waals surface area contributed by atoms with Crippen LogP contribution in [0.1, 0.15) is 54.0 Å². The maximum Gasteiger partial charge on any atom is 0.287 e. The Labute approximate surface area is 181 Å². The smallest absolute Gasteiger partial charge is 0.287 e. The van der Waals surface area contributed by atoms with E-state index in [1.54, 1.807) is 24.0 Å². The number of furan rings is 1. The zero-order valence-electron chi connectivity index (χ0n) is 17.2. The minimum absolute atomic E-state index is 0.217. The standard InChI is InChI=1S/C23H27N3O3S/c1-26-14-13-24-23(26)30-16-20-11-12-21(29-20)22(27)25-15-17-7-9-19(10-8-17)28-18-5-3-2-4-6-18/h7-14,18H,2-6,15-16H2,1H3,(H,25,27). The van der Waals surface area contributed by atoms with Crippen molar-refractivity contribution in [3.8, 4) is 5.75 Å². The molecule has 0 aliphatic heterocycles. The van der Waals surface area contributed by atoms with Crippen LogP contribution in [0.4, 0.5) is 0 Å². The van der Waals surface area contributed by atoms with Crippen LogP contribution in [-0.2, 0) is 19.3 Å². The van der Waals surface area contributed by atoms with Crippen molar-refractivity contribution in [3.63, 3.8) is 0 Å². The van der Waals surface area contributed by atoms with Crippen molar-refractivity contribution >= 4 is 17.7 Å². The maximum absolute atomic E-state index is 12.4. The molecule has 2 heterocycles. The van der Waals surface area contributed by atoms with Crippen LogP contribution in [0.2, 0.25) is 0 Å². The van der Waals surface area contributed by atoms with Crippen molar-refractivity contribution in [1.82, 2.24) is 14.9 Å². The van der Waals surface area contributed by atoms with Gasteiger partial charge in [0.05, 0.1) is 11.9 Å². The van der Waals surface area contributed by atoms with Crippen molar-refractivity contribution in [2.45, 2.75) is 55.7 Å². The van der Waals surface area contributed by atoms with Gasteiger partial charge in [0.1, 0.15) is 11.5 Å². The van der Waals surface area contributed by atoms with E-state index in [0.717, 1.165) is 35.1 Å². The number of imidazole rings is 1. The Morgan fingerprint density at radius 2 is 2.00 bits per heavy atom. The summed E-state index contributed by atoms with van der Waals surface area (Å²) in [6.45, 7) is 0.445. The number of aryl methyl sites for hydroxylation is 1. The predicted octanol–water partition coefficient (Wildman–Crippen LogP) is 4.95. The normalized spacial score (nSPS) is 14.6. The lowest BCUT2D eigenvalue weighted by Crippen LogP contribution is -2.22. The molecule has 0 radical (unpaired) electrons. The van der Waals surface area contributed by atoms with E-state index in [1.165, 1.54) is 19.3 Å². The van der Waals surface area contributed by atoms with E-state index in [0.29, 0.717) is 24.2 Å². The number of nitrogens with one attached hydrogen (secondary N) is 1. The van der Waals surface area contributed by atoms with E-state index < -0.39 is 0 Å². The second kappa shape index (κ2) is 9.89. The first-order valence-electron chi connectivity index (χ1n) is 10.4. The van der Waals surface area contributed by atoms with Crippen molar-refractivity contribution in [1.29, 1.82) is 0 Å². The third-order valence-corrected chi connectivity index (χ3v) is 6.32. The molecule has 3 aromatic rings. The van der Waals surface area contributed by atoms with Crippen molar-refractivity contribution in [2.24, 2.45) is 7.05 Å². The van der Waals surface area contributed by atoms with Crippen LogP contribution in [0.5, 0.6) is 5.75 Å².